The molecule has 0 rings (SSSR count). The average Bonchev–Trinajstić information content (AvgIpc) is 1.86. The van der Waals surface area contributed by atoms with Crippen LogP contribution in [-0.4, -0.2) is 27.6 Å². The third kappa shape index (κ3) is 3.64. The summed E-state index contributed by atoms with van der Waals surface area (Å²) in [6.07, 6.45) is 0. The van der Waals surface area contributed by atoms with Crippen LogP contribution in [0, 0.1) is 0 Å². The molecule has 0 radical (unpaired) electrons. The summed E-state index contributed by atoms with van der Waals surface area (Å²) in [5.74, 6) is 0. The Kier molecular flexibility index (Phi) is 3.91. The van der Waals surface area contributed by atoms with Gasteiger partial charge in [0.2, 0.25) is 5.12 Å². The molecular weight excluding hydrogens is 188 g/mol. The third-order valence-electron chi connectivity index (χ3n) is 0.846. The lowest BCUT2D eigenvalue weighted by atomic mass is 10.4. The van der Waals surface area contributed by atoms with Gasteiger partial charge in [-0.2, -0.15) is 0 Å². The number of methoxy groups -OCH3 is 1. The van der Waals surface area contributed by atoms with E-state index in [1.807, 2.05) is 0 Å². The molecule has 0 amide bonds. The van der Waals surface area contributed by atoms with E-state index < -0.39 is 15.3 Å². The lowest BCUT2D eigenvalue weighted by Gasteiger charge is -2.15. The highest BCUT2D eigenvalue weighted by Crippen LogP contribution is 2.25. The molecule has 11 heavy (non-hydrogen) atoms. The molecule has 1 unspecified atom stereocenters. The molecule has 0 aliphatic rings. The molecule has 0 aromatic rings. The van der Waals surface area contributed by atoms with Crippen LogP contribution in [0.4, 0.5) is 4.79 Å². The number of thiol groups is 1. The zero-order chi connectivity index (χ0) is 9.07. The first-order chi connectivity index (χ1) is 4.90. The molecule has 0 fully saturated rings. The first kappa shape index (κ1) is 10.8. The van der Waals surface area contributed by atoms with Gasteiger partial charge in [-0.3, -0.25) is 4.79 Å². The molecule has 0 aromatic heterocycles. The van der Waals surface area contributed by atoms with Crippen molar-refractivity contribution in [1.82, 2.24) is 0 Å². The van der Waals surface area contributed by atoms with Gasteiger partial charge < -0.3 is 9.84 Å². The normalized spacial score (nSPS) is 15.3. The summed E-state index contributed by atoms with van der Waals surface area (Å²) in [7, 11) is 1.16. The van der Waals surface area contributed by atoms with Crippen molar-refractivity contribution in [2.75, 3.05) is 7.11 Å². The Morgan fingerprint density at radius 2 is 2.09 bits per heavy atom. The van der Waals surface area contributed by atoms with E-state index in [0.29, 0.717) is 11.8 Å². The number of ether oxygens (including phenoxy) is 1. The summed E-state index contributed by atoms with van der Waals surface area (Å²) in [5, 5.41) is 7.62. The molecule has 0 heterocycles. The van der Waals surface area contributed by atoms with Crippen molar-refractivity contribution in [1.29, 1.82) is 0 Å². The standard InChI is InChI=1S/C5H8O4S2/c1-5(8,3(6)10)11-4(7)9-2/h8H,1-2H3,(H,6,10). The van der Waals surface area contributed by atoms with Crippen LogP contribution in [0.15, 0.2) is 0 Å². The van der Waals surface area contributed by atoms with Crippen molar-refractivity contribution in [3.8, 4) is 0 Å². The van der Waals surface area contributed by atoms with Crippen molar-refractivity contribution in [2.24, 2.45) is 0 Å². The molecule has 64 valence electrons. The number of aliphatic hydroxyl groups is 1. The zero-order valence-corrected chi connectivity index (χ0v) is 7.74. The minimum absolute atomic E-state index is 0.378. The predicted octanol–water partition coefficient (Wildman–Crippen LogP) is 0.651. The van der Waals surface area contributed by atoms with E-state index in [9.17, 15) is 9.59 Å². The van der Waals surface area contributed by atoms with Crippen LogP contribution in [0.2, 0.25) is 0 Å². The fourth-order valence-electron chi connectivity index (χ4n) is 0.248. The fraction of sp³-hybridized carbons (Fsp3) is 0.600. The molecule has 0 saturated heterocycles. The van der Waals surface area contributed by atoms with Crippen molar-refractivity contribution >= 4 is 34.8 Å². The van der Waals surface area contributed by atoms with Crippen molar-refractivity contribution < 1.29 is 19.4 Å². The number of carbonyl (C=O) groups excluding carboxylic acids is 2. The summed E-state index contributed by atoms with van der Waals surface area (Å²) in [6.45, 7) is 1.17. The fourth-order valence-corrected chi connectivity index (χ4v) is 0.880. The van der Waals surface area contributed by atoms with Crippen LogP contribution in [0.3, 0.4) is 0 Å². The topological polar surface area (TPSA) is 63.6 Å². The monoisotopic (exact) mass is 196 g/mol. The number of thioether (sulfide) groups is 1. The average molecular weight is 196 g/mol. The number of hydrogen-bond donors (Lipinski definition) is 2. The highest BCUT2D eigenvalue weighted by Gasteiger charge is 2.32. The SMILES string of the molecule is COC(=O)SC(C)(O)C(=O)S. The Hall–Kier alpha value is -0.200. The van der Waals surface area contributed by atoms with Crippen molar-refractivity contribution in [2.45, 2.75) is 11.9 Å². The van der Waals surface area contributed by atoms with Gasteiger partial charge in [-0.05, 0) is 6.92 Å². The maximum absolute atomic E-state index is 10.5. The Bertz CT molecular complexity index is 177. The van der Waals surface area contributed by atoms with Crippen LogP contribution >= 0.6 is 24.4 Å². The van der Waals surface area contributed by atoms with Gasteiger partial charge in [-0.15, -0.1) is 12.6 Å². The number of hydrogen-bond acceptors (Lipinski definition) is 5. The Labute approximate surface area is 73.7 Å². The molecule has 0 spiro atoms. The molecule has 1 N–H and O–H groups in total. The highest BCUT2D eigenvalue weighted by molar-refractivity contribution is 8.16. The van der Waals surface area contributed by atoms with Crippen LogP contribution in [0.5, 0.6) is 0 Å². The van der Waals surface area contributed by atoms with E-state index in [0.717, 1.165) is 7.11 Å². The smallest absolute Gasteiger partial charge is 0.370 e. The minimum atomic E-state index is -1.81. The summed E-state index contributed by atoms with van der Waals surface area (Å²) in [4.78, 5) is 19.2. The summed E-state index contributed by atoms with van der Waals surface area (Å²) in [5.41, 5.74) is 0. The lowest BCUT2D eigenvalue weighted by molar-refractivity contribution is -0.119. The van der Waals surface area contributed by atoms with E-state index >= 15 is 0 Å². The Morgan fingerprint density at radius 3 is 2.36 bits per heavy atom. The molecule has 0 saturated carbocycles. The largest absolute Gasteiger partial charge is 0.461 e. The maximum Gasteiger partial charge on any atom is 0.370 e. The first-order valence-corrected chi connectivity index (χ1v) is 3.89. The molecule has 0 aromatic carbocycles. The lowest BCUT2D eigenvalue weighted by Crippen LogP contribution is -2.28. The van der Waals surface area contributed by atoms with Gasteiger partial charge in [0, 0.05) is 11.8 Å². The van der Waals surface area contributed by atoms with Gasteiger partial charge >= 0.3 is 5.30 Å². The highest BCUT2D eigenvalue weighted by atomic mass is 32.2. The molecular formula is C5H8O4S2. The molecule has 0 aliphatic heterocycles. The zero-order valence-electron chi connectivity index (χ0n) is 6.03. The van der Waals surface area contributed by atoms with E-state index in [1.54, 1.807) is 0 Å². The van der Waals surface area contributed by atoms with E-state index in [4.69, 9.17) is 5.11 Å². The number of rotatable bonds is 2. The number of carbonyl (C=O) groups is 2. The van der Waals surface area contributed by atoms with Crippen LogP contribution in [0.25, 0.3) is 0 Å². The van der Waals surface area contributed by atoms with Crippen molar-refractivity contribution in [3.63, 3.8) is 0 Å². The summed E-state index contributed by atoms with van der Waals surface area (Å²) >= 11 is 3.75. The predicted molar refractivity (Wildman–Crippen MR) is 44.6 cm³/mol. The van der Waals surface area contributed by atoms with Gasteiger partial charge in [0.15, 0.2) is 4.93 Å². The van der Waals surface area contributed by atoms with Crippen LogP contribution in [-0.2, 0) is 9.53 Å². The minimum Gasteiger partial charge on any atom is -0.461 e. The van der Waals surface area contributed by atoms with Gasteiger partial charge in [0.1, 0.15) is 0 Å². The van der Waals surface area contributed by atoms with Gasteiger partial charge in [0.25, 0.3) is 0 Å². The van der Waals surface area contributed by atoms with Crippen molar-refractivity contribution in [3.05, 3.63) is 0 Å². The maximum atomic E-state index is 10.5. The second-order valence-corrected chi connectivity index (χ2v) is 3.58. The van der Waals surface area contributed by atoms with E-state index in [1.165, 1.54) is 6.92 Å². The summed E-state index contributed by atoms with van der Waals surface area (Å²) in [6, 6.07) is 0. The molecule has 0 bridgehead atoms. The van der Waals surface area contributed by atoms with Gasteiger partial charge in [-0.25, -0.2) is 4.79 Å². The summed E-state index contributed by atoms with van der Waals surface area (Å²) < 4.78 is 4.21. The quantitative estimate of drug-likeness (QED) is 0.386. The second kappa shape index (κ2) is 3.99. The Balaban J connectivity index is 4.12. The van der Waals surface area contributed by atoms with Crippen LogP contribution < -0.4 is 0 Å². The van der Waals surface area contributed by atoms with E-state index in [-0.39, 0.29) is 0 Å². The van der Waals surface area contributed by atoms with Gasteiger partial charge in [-0.1, -0.05) is 0 Å². The molecule has 4 nitrogen and oxygen atoms in total. The molecule has 6 heteroatoms. The molecule has 1 atom stereocenters. The van der Waals surface area contributed by atoms with Crippen LogP contribution in [0.1, 0.15) is 6.92 Å². The molecule has 0 aliphatic carbocycles. The van der Waals surface area contributed by atoms with E-state index in [2.05, 4.69) is 17.4 Å². The third-order valence-corrected chi connectivity index (χ3v) is 2.35. The second-order valence-electron chi connectivity index (χ2n) is 1.84. The Morgan fingerprint density at radius 1 is 1.64 bits per heavy atom. The first-order valence-electron chi connectivity index (χ1n) is 2.63. The van der Waals surface area contributed by atoms with Gasteiger partial charge in [0.05, 0.1) is 7.11 Å².